The fourth-order valence-electron chi connectivity index (χ4n) is 2.64. The minimum atomic E-state index is -0.290. The number of thiazole rings is 1. The third-order valence-corrected chi connectivity index (χ3v) is 5.08. The van der Waals surface area contributed by atoms with E-state index >= 15 is 0 Å². The number of urea groups is 1. The molecule has 2 rings (SSSR count). The lowest BCUT2D eigenvalue weighted by atomic mass is 10.2. The summed E-state index contributed by atoms with van der Waals surface area (Å²) < 4.78 is 10.1. The summed E-state index contributed by atoms with van der Waals surface area (Å²) in [6.45, 7) is 2.35. The monoisotopic (exact) mass is 445 g/mol. The van der Waals surface area contributed by atoms with Crippen LogP contribution in [0.25, 0.3) is 0 Å². The van der Waals surface area contributed by atoms with Gasteiger partial charge in [0.15, 0.2) is 0 Å². The van der Waals surface area contributed by atoms with Crippen LogP contribution < -0.4 is 10.6 Å². The van der Waals surface area contributed by atoms with Gasteiger partial charge in [-0.3, -0.25) is 4.79 Å². The number of nitrogens with one attached hydrogen (secondary N) is 2. The molecule has 2 aromatic rings. The molecule has 0 atom stereocenters. The second-order valence-electron chi connectivity index (χ2n) is 6.62. The van der Waals surface area contributed by atoms with E-state index in [1.165, 1.54) is 11.3 Å². The van der Waals surface area contributed by atoms with Crippen LogP contribution in [0.2, 0.25) is 0 Å². The van der Waals surface area contributed by atoms with E-state index in [9.17, 15) is 9.59 Å². The summed E-state index contributed by atoms with van der Waals surface area (Å²) in [6, 6.07) is 8.40. The number of aromatic nitrogens is 1. The van der Waals surface area contributed by atoms with E-state index in [4.69, 9.17) is 14.7 Å². The van der Waals surface area contributed by atoms with E-state index in [2.05, 4.69) is 15.6 Å². The molecule has 9 nitrogen and oxygen atoms in total. The highest BCUT2D eigenvalue weighted by Crippen LogP contribution is 2.15. The lowest BCUT2D eigenvalue weighted by Gasteiger charge is -2.22. The summed E-state index contributed by atoms with van der Waals surface area (Å²) in [7, 11) is 3.23. The molecule has 0 saturated heterocycles. The zero-order chi connectivity index (χ0) is 22.5. The molecule has 0 radical (unpaired) electrons. The van der Waals surface area contributed by atoms with Gasteiger partial charge < -0.3 is 25.0 Å². The van der Waals surface area contributed by atoms with Gasteiger partial charge >= 0.3 is 6.03 Å². The molecule has 166 valence electrons. The van der Waals surface area contributed by atoms with E-state index in [-0.39, 0.29) is 18.5 Å². The molecule has 0 unspecified atom stereocenters. The zero-order valence-corrected chi connectivity index (χ0v) is 18.5. The number of hydrogen-bond donors (Lipinski definition) is 2. The number of carbonyl (C=O) groups is 2. The zero-order valence-electron chi connectivity index (χ0n) is 17.7. The van der Waals surface area contributed by atoms with Crippen molar-refractivity contribution in [1.29, 1.82) is 5.26 Å². The van der Waals surface area contributed by atoms with Gasteiger partial charge in [0.2, 0.25) is 0 Å². The van der Waals surface area contributed by atoms with E-state index in [0.29, 0.717) is 54.7 Å². The third kappa shape index (κ3) is 8.33. The van der Waals surface area contributed by atoms with Gasteiger partial charge in [0, 0.05) is 51.6 Å². The molecule has 31 heavy (non-hydrogen) atoms. The summed E-state index contributed by atoms with van der Waals surface area (Å²) in [6.07, 6.45) is 1.39. The summed E-state index contributed by atoms with van der Waals surface area (Å²) >= 11 is 1.33. The van der Waals surface area contributed by atoms with Crippen LogP contribution in [0.3, 0.4) is 0 Å². The first-order chi connectivity index (χ1) is 15.1. The highest BCUT2D eigenvalue weighted by atomic mass is 32.1. The Labute approximate surface area is 186 Å². The number of nitrogens with zero attached hydrogens (tertiary/aromatic N) is 3. The molecular weight excluding hydrogens is 418 g/mol. The molecule has 1 aromatic heterocycles. The molecule has 3 amide bonds. The van der Waals surface area contributed by atoms with Crippen molar-refractivity contribution in [3.8, 4) is 6.07 Å². The smallest absolute Gasteiger partial charge is 0.322 e. The number of ether oxygens (including phenoxy) is 2. The van der Waals surface area contributed by atoms with E-state index in [0.717, 1.165) is 6.42 Å². The Morgan fingerprint density at radius 3 is 2.55 bits per heavy atom. The molecule has 1 heterocycles. The van der Waals surface area contributed by atoms with Crippen LogP contribution in [-0.2, 0) is 16.0 Å². The summed E-state index contributed by atoms with van der Waals surface area (Å²) in [5.74, 6) is -0.244. The first-order valence-corrected chi connectivity index (χ1v) is 10.7. The molecule has 10 heteroatoms. The predicted molar refractivity (Wildman–Crippen MR) is 118 cm³/mol. The molecule has 0 spiro atoms. The van der Waals surface area contributed by atoms with Gasteiger partial charge in [-0.25, -0.2) is 9.78 Å². The Morgan fingerprint density at radius 1 is 1.16 bits per heavy atom. The number of rotatable bonds is 12. The second kappa shape index (κ2) is 13.3. The molecule has 0 saturated carbocycles. The van der Waals surface area contributed by atoms with Crippen molar-refractivity contribution < 1.29 is 19.1 Å². The number of anilines is 1. The normalized spacial score (nSPS) is 10.4. The van der Waals surface area contributed by atoms with Crippen molar-refractivity contribution in [3.63, 3.8) is 0 Å². The molecule has 0 aliphatic heterocycles. The highest BCUT2D eigenvalue weighted by Gasteiger charge is 2.17. The number of carbonyl (C=O) groups excluding carboxylic acids is 2. The van der Waals surface area contributed by atoms with Crippen LogP contribution in [0.5, 0.6) is 0 Å². The fourth-order valence-corrected chi connectivity index (χ4v) is 3.43. The fraction of sp³-hybridized carbons (Fsp3) is 0.429. The lowest BCUT2D eigenvalue weighted by molar-refractivity contribution is 0.0944. The Morgan fingerprint density at radius 2 is 1.87 bits per heavy atom. The molecule has 0 aliphatic carbocycles. The van der Waals surface area contributed by atoms with Crippen LogP contribution in [-0.4, -0.2) is 62.3 Å². The summed E-state index contributed by atoms with van der Waals surface area (Å²) in [5, 5.41) is 16.9. The maximum atomic E-state index is 12.8. The molecular formula is C21H27N5O4S. The second-order valence-corrected chi connectivity index (χ2v) is 7.56. The van der Waals surface area contributed by atoms with Crippen molar-refractivity contribution in [2.45, 2.75) is 19.4 Å². The number of benzene rings is 1. The third-order valence-electron chi connectivity index (χ3n) is 4.25. The van der Waals surface area contributed by atoms with Gasteiger partial charge in [0.05, 0.1) is 18.2 Å². The van der Waals surface area contributed by atoms with Crippen molar-refractivity contribution in [3.05, 3.63) is 45.9 Å². The lowest BCUT2D eigenvalue weighted by Crippen LogP contribution is -2.35. The molecule has 2 N–H and O–H groups in total. The van der Waals surface area contributed by atoms with E-state index in [1.54, 1.807) is 48.8 Å². The van der Waals surface area contributed by atoms with Gasteiger partial charge in [-0.05, 0) is 37.1 Å². The van der Waals surface area contributed by atoms with E-state index in [1.807, 2.05) is 6.07 Å². The quantitative estimate of drug-likeness (QED) is 0.485. The van der Waals surface area contributed by atoms with Gasteiger partial charge in [0.1, 0.15) is 10.7 Å². The maximum Gasteiger partial charge on any atom is 0.322 e. The van der Waals surface area contributed by atoms with Crippen molar-refractivity contribution >= 4 is 29.0 Å². The van der Waals surface area contributed by atoms with Crippen LogP contribution in [0.4, 0.5) is 10.5 Å². The molecule has 0 aliphatic rings. The van der Waals surface area contributed by atoms with Crippen LogP contribution in [0.15, 0.2) is 29.6 Å². The Kier molecular flexibility index (Phi) is 10.4. The van der Waals surface area contributed by atoms with Gasteiger partial charge in [0.25, 0.3) is 5.91 Å². The largest absolute Gasteiger partial charge is 0.385 e. The minimum absolute atomic E-state index is 0.244. The Balaban J connectivity index is 1.99. The SMILES string of the molecule is COCCCNC(=O)c1csc(CN(CCCOC)C(=O)Nc2ccc(C#N)cc2)n1. The first-order valence-electron chi connectivity index (χ1n) is 9.84. The number of methoxy groups -OCH3 is 2. The average molecular weight is 446 g/mol. The first kappa shape index (κ1) is 24.3. The number of hydrogen-bond acceptors (Lipinski definition) is 7. The predicted octanol–water partition coefficient (Wildman–Crippen LogP) is 2.85. The van der Waals surface area contributed by atoms with Crippen molar-refractivity contribution in [1.82, 2.24) is 15.2 Å². The standard InChI is InChI=1S/C21H27N5O4S/c1-29-11-3-9-23-20(27)18-15-31-19(25-18)14-26(10-4-12-30-2)21(28)24-17-7-5-16(13-22)6-8-17/h5-8,15H,3-4,9-12,14H2,1-2H3,(H,23,27)(H,24,28). The molecule has 1 aromatic carbocycles. The average Bonchev–Trinajstić information content (AvgIpc) is 3.25. The van der Waals surface area contributed by atoms with E-state index < -0.39 is 0 Å². The Bertz CT molecular complexity index is 879. The van der Waals surface area contributed by atoms with Gasteiger partial charge in [-0.1, -0.05) is 0 Å². The van der Waals surface area contributed by atoms with Gasteiger partial charge in [-0.15, -0.1) is 11.3 Å². The molecule has 0 fully saturated rings. The summed E-state index contributed by atoms with van der Waals surface area (Å²) in [5.41, 5.74) is 1.45. The number of nitriles is 1. The van der Waals surface area contributed by atoms with Gasteiger partial charge in [-0.2, -0.15) is 5.26 Å². The maximum absolute atomic E-state index is 12.8. The summed E-state index contributed by atoms with van der Waals surface area (Å²) in [4.78, 5) is 31.0. The van der Waals surface area contributed by atoms with Crippen molar-refractivity contribution in [2.24, 2.45) is 0 Å². The van der Waals surface area contributed by atoms with Crippen LogP contribution >= 0.6 is 11.3 Å². The topological polar surface area (TPSA) is 117 Å². The highest BCUT2D eigenvalue weighted by molar-refractivity contribution is 7.09. The van der Waals surface area contributed by atoms with Crippen molar-refractivity contribution in [2.75, 3.05) is 45.8 Å². The molecule has 0 bridgehead atoms. The number of amides is 3. The minimum Gasteiger partial charge on any atom is -0.385 e. The van der Waals surface area contributed by atoms with Crippen LogP contribution in [0, 0.1) is 11.3 Å². The van der Waals surface area contributed by atoms with Crippen LogP contribution in [0.1, 0.15) is 33.9 Å². The Hall–Kier alpha value is -3.00.